The Morgan fingerprint density at radius 3 is 2.12 bits per heavy atom. The maximum absolute atomic E-state index is 13.9. The smallest absolute Gasteiger partial charge is 0.337 e. The number of rotatable bonds is 6. The normalized spacial score (nSPS) is 12.0. The molecule has 0 atom stereocenters. The van der Waals surface area contributed by atoms with E-state index in [2.05, 4.69) is 4.74 Å². The lowest BCUT2D eigenvalue weighted by atomic mass is 9.98. The van der Waals surface area contributed by atoms with Crippen LogP contribution in [0.4, 0.5) is 8.78 Å². The number of aliphatic hydroxyl groups is 1. The Kier molecular flexibility index (Phi) is 9.55. The summed E-state index contributed by atoms with van der Waals surface area (Å²) >= 11 is 2.98. The fourth-order valence-corrected chi connectivity index (χ4v) is 6.25. The van der Waals surface area contributed by atoms with Crippen LogP contribution >= 0.6 is 22.7 Å². The second-order valence-electron chi connectivity index (χ2n) is 9.64. The van der Waals surface area contributed by atoms with E-state index in [0.29, 0.717) is 16.7 Å². The number of ether oxygens (including phenoxy) is 1. The molecule has 3 aromatic carbocycles. The molecule has 0 saturated heterocycles. The molecule has 0 fully saturated rings. The lowest BCUT2D eigenvalue weighted by molar-refractivity contribution is 0.0600. The predicted octanol–water partition coefficient (Wildman–Crippen LogP) is 9.73. The van der Waals surface area contributed by atoms with Crippen LogP contribution in [0.2, 0.25) is 0 Å². The molecule has 0 aliphatic rings. The van der Waals surface area contributed by atoms with Crippen LogP contribution in [0.3, 0.4) is 0 Å². The molecule has 0 saturated carbocycles. The minimum atomic E-state index is -0.946. The topological polar surface area (TPSA) is 83.8 Å². The molecule has 2 aromatic heterocycles. The third kappa shape index (κ3) is 6.58. The first kappa shape index (κ1) is 30.6. The van der Waals surface area contributed by atoms with Gasteiger partial charge in [0.05, 0.1) is 18.2 Å². The molecule has 5 aromatic rings. The van der Waals surface area contributed by atoms with Crippen molar-refractivity contribution in [2.45, 2.75) is 20.8 Å². The summed E-state index contributed by atoms with van der Waals surface area (Å²) in [7, 11) is 1.31. The fraction of sp³-hybridized carbons (Fsp3) is 0.152. The SMILES string of the molecule is C/C=C(O)\C(=C/C(C)C)c1csc2ccc(C(=O)O)cc12.COC(=O)c1ccc2scc(-c3ccc(F)cc3F)c2c1. The van der Waals surface area contributed by atoms with Crippen molar-refractivity contribution in [1.29, 1.82) is 0 Å². The monoisotopic (exact) mass is 606 g/mol. The third-order valence-electron chi connectivity index (χ3n) is 6.38. The van der Waals surface area contributed by atoms with Crippen LogP contribution < -0.4 is 0 Å². The fourth-order valence-electron chi connectivity index (χ4n) is 4.36. The largest absolute Gasteiger partial charge is 0.508 e. The zero-order valence-electron chi connectivity index (χ0n) is 23.3. The number of aromatic carboxylic acids is 1. The maximum Gasteiger partial charge on any atom is 0.337 e. The van der Waals surface area contributed by atoms with Gasteiger partial charge in [0.2, 0.25) is 0 Å². The number of esters is 1. The number of benzene rings is 3. The molecule has 5 rings (SSSR count). The predicted molar refractivity (Wildman–Crippen MR) is 167 cm³/mol. The van der Waals surface area contributed by atoms with Gasteiger partial charge in [-0.05, 0) is 78.2 Å². The highest BCUT2D eigenvalue weighted by Gasteiger charge is 2.16. The van der Waals surface area contributed by atoms with E-state index in [1.54, 1.807) is 60.0 Å². The molecule has 0 spiro atoms. The number of carboxylic acids is 1. The number of carboxylic acid groups (broad SMARTS) is 1. The summed E-state index contributed by atoms with van der Waals surface area (Å²) in [5.41, 5.74) is 3.23. The van der Waals surface area contributed by atoms with Crippen molar-refractivity contribution < 1.29 is 33.3 Å². The Balaban J connectivity index is 0.000000193. The Morgan fingerprint density at radius 1 is 0.857 bits per heavy atom. The second-order valence-corrected chi connectivity index (χ2v) is 11.5. The summed E-state index contributed by atoms with van der Waals surface area (Å²) in [5.74, 6) is -2.15. The van der Waals surface area contributed by atoms with E-state index in [1.165, 1.54) is 30.6 Å². The highest BCUT2D eigenvalue weighted by molar-refractivity contribution is 7.18. The zero-order valence-corrected chi connectivity index (χ0v) is 24.9. The van der Waals surface area contributed by atoms with Gasteiger partial charge in [-0.15, -0.1) is 22.7 Å². The molecule has 2 N–H and O–H groups in total. The molecule has 0 amide bonds. The van der Waals surface area contributed by atoms with Gasteiger partial charge in [0.25, 0.3) is 0 Å². The number of carbonyl (C=O) groups is 2. The molecule has 2 heterocycles. The highest BCUT2D eigenvalue weighted by atomic mass is 32.1. The molecular weight excluding hydrogens is 578 g/mol. The van der Waals surface area contributed by atoms with Crippen molar-refractivity contribution in [2.24, 2.45) is 5.92 Å². The van der Waals surface area contributed by atoms with Gasteiger partial charge in [0.15, 0.2) is 0 Å². The van der Waals surface area contributed by atoms with E-state index in [4.69, 9.17) is 5.11 Å². The first-order valence-electron chi connectivity index (χ1n) is 12.9. The third-order valence-corrected chi connectivity index (χ3v) is 8.30. The summed E-state index contributed by atoms with van der Waals surface area (Å²) in [5, 5.41) is 24.7. The Labute approximate surface area is 249 Å². The van der Waals surface area contributed by atoms with Gasteiger partial charge in [-0.3, -0.25) is 0 Å². The van der Waals surface area contributed by atoms with Crippen molar-refractivity contribution in [1.82, 2.24) is 0 Å². The van der Waals surface area contributed by atoms with Gasteiger partial charge in [0, 0.05) is 48.5 Å². The molecule has 0 aliphatic carbocycles. The van der Waals surface area contributed by atoms with Gasteiger partial charge < -0.3 is 14.9 Å². The van der Waals surface area contributed by atoms with E-state index in [-0.39, 0.29) is 17.2 Å². The highest BCUT2D eigenvalue weighted by Crippen LogP contribution is 2.37. The van der Waals surface area contributed by atoms with Crippen LogP contribution in [0.5, 0.6) is 0 Å². The molecule has 42 heavy (non-hydrogen) atoms. The number of hydrogen-bond donors (Lipinski definition) is 2. The summed E-state index contributed by atoms with van der Waals surface area (Å²) < 4.78 is 33.6. The lowest BCUT2D eigenvalue weighted by Crippen LogP contribution is -2.00. The average Bonchev–Trinajstić information content (AvgIpc) is 3.59. The van der Waals surface area contributed by atoms with Gasteiger partial charge >= 0.3 is 11.9 Å². The summed E-state index contributed by atoms with van der Waals surface area (Å²) in [6, 6.07) is 13.7. The summed E-state index contributed by atoms with van der Waals surface area (Å²) in [6.45, 7) is 5.86. The van der Waals surface area contributed by atoms with E-state index < -0.39 is 23.6 Å². The van der Waals surface area contributed by atoms with Crippen molar-refractivity contribution in [3.05, 3.63) is 112 Å². The van der Waals surface area contributed by atoms with Crippen molar-refractivity contribution >= 4 is 60.4 Å². The minimum Gasteiger partial charge on any atom is -0.508 e. The molecule has 0 unspecified atom stereocenters. The minimum absolute atomic E-state index is 0.212. The summed E-state index contributed by atoms with van der Waals surface area (Å²) in [4.78, 5) is 22.7. The van der Waals surface area contributed by atoms with Gasteiger partial charge in [-0.1, -0.05) is 19.9 Å². The Hall–Kier alpha value is -4.34. The number of halogens is 2. The number of methoxy groups -OCH3 is 1. The molecule has 9 heteroatoms. The van der Waals surface area contributed by atoms with Crippen molar-refractivity contribution in [3.63, 3.8) is 0 Å². The van der Waals surface area contributed by atoms with Gasteiger partial charge in [-0.25, -0.2) is 18.4 Å². The van der Waals surface area contributed by atoms with Crippen molar-refractivity contribution in [2.75, 3.05) is 7.11 Å². The van der Waals surface area contributed by atoms with Crippen LogP contribution in [-0.2, 0) is 4.74 Å². The van der Waals surface area contributed by atoms with Crippen LogP contribution in [0, 0.1) is 17.6 Å². The second kappa shape index (κ2) is 13.1. The molecule has 0 radical (unpaired) electrons. The number of thiophene rings is 2. The van der Waals surface area contributed by atoms with Crippen LogP contribution in [0.1, 0.15) is 47.1 Å². The van der Waals surface area contributed by atoms with E-state index in [9.17, 15) is 23.5 Å². The zero-order chi connectivity index (χ0) is 30.6. The molecular formula is C33H28F2O5S2. The van der Waals surface area contributed by atoms with Gasteiger partial charge in [-0.2, -0.15) is 0 Å². The Bertz CT molecular complexity index is 1850. The van der Waals surface area contributed by atoms with Crippen LogP contribution in [0.25, 0.3) is 36.9 Å². The maximum atomic E-state index is 13.9. The Morgan fingerprint density at radius 2 is 1.50 bits per heavy atom. The molecule has 216 valence electrons. The van der Waals surface area contributed by atoms with E-state index in [0.717, 1.165) is 37.4 Å². The van der Waals surface area contributed by atoms with Crippen LogP contribution in [-0.4, -0.2) is 29.3 Å². The molecule has 5 nitrogen and oxygen atoms in total. The first-order valence-corrected chi connectivity index (χ1v) is 14.7. The molecule has 0 bridgehead atoms. The quantitative estimate of drug-likeness (QED) is 0.114. The number of allylic oxidation sites excluding steroid dienone is 3. The summed E-state index contributed by atoms with van der Waals surface area (Å²) in [6.07, 6.45) is 3.64. The first-order chi connectivity index (χ1) is 20.0. The van der Waals surface area contributed by atoms with Crippen LogP contribution in [0.15, 0.2) is 83.3 Å². The number of hydrogen-bond acceptors (Lipinski definition) is 6. The van der Waals surface area contributed by atoms with E-state index in [1.807, 2.05) is 31.4 Å². The number of fused-ring (bicyclic) bond motifs is 2. The van der Waals surface area contributed by atoms with E-state index >= 15 is 0 Å². The number of carbonyl (C=O) groups excluding carboxylic acids is 1. The lowest BCUT2D eigenvalue weighted by Gasteiger charge is -2.08. The van der Waals surface area contributed by atoms with Crippen molar-refractivity contribution in [3.8, 4) is 11.1 Å². The standard InChI is InChI=1S/C17H18O3S.C16H10F2O2S/c1-4-15(18)12(7-10(2)3)14-9-21-16-6-5-11(17(19)20)8-13(14)16;1-20-16(19)9-2-5-15-12(6-9)13(8-21-15)11-4-3-10(17)7-14(11)18/h4-10,18H,1-3H3,(H,19,20);2-8H,1H3/b12-7-,15-4+;. The average molecular weight is 607 g/mol. The van der Waals surface area contributed by atoms with Gasteiger partial charge in [0.1, 0.15) is 17.4 Å². The molecule has 0 aliphatic heterocycles. The number of aliphatic hydroxyl groups excluding tert-OH is 1.